The van der Waals surface area contributed by atoms with E-state index >= 15 is 0 Å². The molecule has 2 aromatic rings. The van der Waals surface area contributed by atoms with Crippen molar-refractivity contribution in [3.63, 3.8) is 0 Å². The molecule has 1 aromatic heterocycles. The lowest BCUT2D eigenvalue weighted by Gasteiger charge is -2.16. The van der Waals surface area contributed by atoms with E-state index in [9.17, 15) is 13.2 Å². The molecule has 0 unspecified atom stereocenters. The first-order valence-corrected chi connectivity index (χ1v) is 8.90. The molecule has 0 radical (unpaired) electrons. The van der Waals surface area contributed by atoms with Gasteiger partial charge in [-0.15, -0.1) is 0 Å². The fourth-order valence-corrected chi connectivity index (χ4v) is 3.44. The first kappa shape index (κ1) is 18.8. The second-order valence-corrected chi connectivity index (χ2v) is 6.84. The summed E-state index contributed by atoms with van der Waals surface area (Å²) in [5, 5.41) is 2.59. The highest BCUT2D eigenvalue weighted by Crippen LogP contribution is 2.28. The number of hydrogen-bond donors (Lipinski definition) is 2. The second-order valence-electron chi connectivity index (χ2n) is 5.16. The van der Waals surface area contributed by atoms with E-state index in [0.29, 0.717) is 11.5 Å². The molecule has 0 aliphatic heterocycles. The van der Waals surface area contributed by atoms with Gasteiger partial charge in [0.15, 0.2) is 0 Å². The van der Waals surface area contributed by atoms with Crippen molar-refractivity contribution in [2.45, 2.75) is 24.4 Å². The molecule has 8 nitrogen and oxygen atoms in total. The minimum Gasteiger partial charge on any atom is -0.497 e. The van der Waals surface area contributed by atoms with Crippen molar-refractivity contribution >= 4 is 15.9 Å². The van der Waals surface area contributed by atoms with Crippen LogP contribution in [0.2, 0.25) is 0 Å². The zero-order valence-corrected chi connectivity index (χ0v) is 14.9. The van der Waals surface area contributed by atoms with Gasteiger partial charge < -0.3 is 19.2 Å². The van der Waals surface area contributed by atoms with E-state index in [-0.39, 0.29) is 17.2 Å². The molecule has 2 rings (SSSR count). The van der Waals surface area contributed by atoms with Gasteiger partial charge in [0.1, 0.15) is 22.2 Å². The number of nitrogens with one attached hydrogen (secondary N) is 2. The molecule has 2 N–H and O–H groups in total. The molecular formula is C16H20N2O6S. The Morgan fingerprint density at radius 2 is 2.00 bits per heavy atom. The molecular weight excluding hydrogens is 348 g/mol. The lowest BCUT2D eigenvalue weighted by Crippen LogP contribution is -2.44. The lowest BCUT2D eigenvalue weighted by atomic mass is 10.3. The number of carbonyl (C=O) groups is 1. The van der Waals surface area contributed by atoms with Crippen LogP contribution in [0.3, 0.4) is 0 Å². The van der Waals surface area contributed by atoms with Crippen LogP contribution in [0.25, 0.3) is 0 Å². The molecule has 0 saturated heterocycles. The van der Waals surface area contributed by atoms with Crippen molar-refractivity contribution in [3.8, 4) is 11.5 Å². The predicted octanol–water partition coefficient (Wildman–Crippen LogP) is 1.28. The van der Waals surface area contributed by atoms with Crippen molar-refractivity contribution < 1.29 is 27.1 Å². The van der Waals surface area contributed by atoms with Crippen LogP contribution in [-0.4, -0.2) is 34.6 Å². The summed E-state index contributed by atoms with van der Waals surface area (Å²) in [7, 11) is -1.14. The Hall–Kier alpha value is -2.52. The summed E-state index contributed by atoms with van der Waals surface area (Å²) in [6.45, 7) is 1.62. The standard InChI is InChI=1S/C16H20N2O6S/c1-11(16(19)17-10-13-5-4-8-24-13)18-25(20,21)15-7-6-12(22-2)9-14(15)23-3/h4-9,11,18H,10H2,1-3H3,(H,17,19)/t11-/m1/s1. The van der Waals surface area contributed by atoms with E-state index in [1.807, 2.05) is 0 Å². The van der Waals surface area contributed by atoms with Gasteiger partial charge in [-0.05, 0) is 31.2 Å². The molecule has 1 aromatic carbocycles. The molecule has 0 bridgehead atoms. The Kier molecular flexibility index (Phi) is 6.05. The van der Waals surface area contributed by atoms with E-state index in [1.54, 1.807) is 12.1 Å². The van der Waals surface area contributed by atoms with Gasteiger partial charge in [0.25, 0.3) is 0 Å². The van der Waals surface area contributed by atoms with Gasteiger partial charge in [0.2, 0.25) is 15.9 Å². The van der Waals surface area contributed by atoms with Crippen LogP contribution >= 0.6 is 0 Å². The van der Waals surface area contributed by atoms with Gasteiger partial charge in [-0.25, -0.2) is 8.42 Å². The van der Waals surface area contributed by atoms with Crippen LogP contribution in [0.5, 0.6) is 11.5 Å². The smallest absolute Gasteiger partial charge is 0.244 e. The van der Waals surface area contributed by atoms with Crippen molar-refractivity contribution in [2.24, 2.45) is 0 Å². The van der Waals surface area contributed by atoms with E-state index in [4.69, 9.17) is 13.9 Å². The average molecular weight is 368 g/mol. The van der Waals surface area contributed by atoms with Crippen molar-refractivity contribution in [1.29, 1.82) is 0 Å². The molecule has 1 heterocycles. The molecule has 9 heteroatoms. The van der Waals surface area contributed by atoms with Crippen LogP contribution in [-0.2, 0) is 21.4 Å². The highest BCUT2D eigenvalue weighted by molar-refractivity contribution is 7.89. The third kappa shape index (κ3) is 4.74. The molecule has 25 heavy (non-hydrogen) atoms. The van der Waals surface area contributed by atoms with Gasteiger partial charge >= 0.3 is 0 Å². The number of furan rings is 1. The number of methoxy groups -OCH3 is 2. The maximum atomic E-state index is 12.5. The van der Waals surface area contributed by atoms with Gasteiger partial charge in [-0.2, -0.15) is 4.72 Å². The van der Waals surface area contributed by atoms with Crippen molar-refractivity contribution in [3.05, 3.63) is 42.4 Å². The van der Waals surface area contributed by atoms with Gasteiger partial charge in [0, 0.05) is 6.07 Å². The third-order valence-corrected chi connectivity index (χ3v) is 4.98. The Balaban J connectivity index is 2.08. The summed E-state index contributed by atoms with van der Waals surface area (Å²) in [6, 6.07) is 6.73. The van der Waals surface area contributed by atoms with Crippen LogP contribution < -0.4 is 19.5 Å². The van der Waals surface area contributed by atoms with Crippen molar-refractivity contribution in [2.75, 3.05) is 14.2 Å². The highest BCUT2D eigenvalue weighted by atomic mass is 32.2. The summed E-state index contributed by atoms with van der Waals surface area (Å²) in [5.74, 6) is 0.669. The zero-order chi connectivity index (χ0) is 18.4. The first-order valence-electron chi connectivity index (χ1n) is 7.42. The number of carbonyl (C=O) groups excluding carboxylic acids is 1. The minimum atomic E-state index is -3.96. The molecule has 0 aliphatic rings. The maximum Gasteiger partial charge on any atom is 0.244 e. The molecule has 0 fully saturated rings. The Morgan fingerprint density at radius 3 is 2.60 bits per heavy atom. The quantitative estimate of drug-likeness (QED) is 0.727. The monoisotopic (exact) mass is 368 g/mol. The molecule has 0 spiro atoms. The molecule has 0 aliphatic carbocycles. The summed E-state index contributed by atoms with van der Waals surface area (Å²) in [6.07, 6.45) is 1.49. The molecule has 1 amide bonds. The largest absolute Gasteiger partial charge is 0.497 e. The Morgan fingerprint density at radius 1 is 1.24 bits per heavy atom. The Bertz CT molecular complexity index is 817. The normalized spacial score (nSPS) is 12.4. The van der Waals surface area contributed by atoms with Gasteiger partial charge in [-0.3, -0.25) is 4.79 Å². The second kappa shape index (κ2) is 8.04. The number of ether oxygens (including phenoxy) is 2. The predicted molar refractivity (Wildman–Crippen MR) is 89.9 cm³/mol. The lowest BCUT2D eigenvalue weighted by molar-refractivity contribution is -0.122. The van der Waals surface area contributed by atoms with E-state index in [2.05, 4.69) is 10.0 Å². The van der Waals surface area contributed by atoms with Crippen molar-refractivity contribution in [1.82, 2.24) is 10.0 Å². The molecule has 1 atom stereocenters. The first-order chi connectivity index (χ1) is 11.9. The van der Waals surface area contributed by atoms with Gasteiger partial charge in [-0.1, -0.05) is 0 Å². The number of amides is 1. The number of sulfonamides is 1. The summed E-state index contributed by atoms with van der Waals surface area (Å²) in [5.41, 5.74) is 0. The average Bonchev–Trinajstić information content (AvgIpc) is 3.12. The molecule has 0 saturated carbocycles. The van der Waals surface area contributed by atoms with Crippen LogP contribution in [0.1, 0.15) is 12.7 Å². The fraction of sp³-hybridized carbons (Fsp3) is 0.312. The minimum absolute atomic E-state index is 0.0820. The zero-order valence-electron chi connectivity index (χ0n) is 14.1. The number of rotatable bonds is 8. The van der Waals surface area contributed by atoms with Crippen LogP contribution in [0.15, 0.2) is 45.9 Å². The number of hydrogen-bond acceptors (Lipinski definition) is 6. The van der Waals surface area contributed by atoms with Gasteiger partial charge in [0.05, 0.1) is 33.1 Å². The highest BCUT2D eigenvalue weighted by Gasteiger charge is 2.25. The summed E-state index contributed by atoms with van der Waals surface area (Å²) < 4.78 is 42.6. The van der Waals surface area contributed by atoms with E-state index in [0.717, 1.165) is 0 Å². The van der Waals surface area contributed by atoms with E-state index in [1.165, 1.54) is 45.6 Å². The summed E-state index contributed by atoms with van der Waals surface area (Å²) >= 11 is 0. The Labute approximate surface area is 146 Å². The maximum absolute atomic E-state index is 12.5. The summed E-state index contributed by atoms with van der Waals surface area (Å²) in [4.78, 5) is 12.0. The number of benzene rings is 1. The van der Waals surface area contributed by atoms with Crippen LogP contribution in [0, 0.1) is 0 Å². The topological polar surface area (TPSA) is 107 Å². The third-order valence-electron chi connectivity index (χ3n) is 3.40. The van der Waals surface area contributed by atoms with E-state index < -0.39 is 22.0 Å². The molecule has 136 valence electrons. The fourth-order valence-electron chi connectivity index (χ4n) is 2.09. The SMILES string of the molecule is COc1ccc(S(=O)(=O)N[C@H](C)C(=O)NCc2ccco2)c(OC)c1. The van der Waals surface area contributed by atoms with Crippen LogP contribution in [0.4, 0.5) is 0 Å².